The number of nitrogens with one attached hydrogen (secondary N) is 1. The van der Waals surface area contributed by atoms with E-state index in [4.69, 9.17) is 19.3 Å². The molecule has 154 valence electrons. The van der Waals surface area contributed by atoms with Crippen molar-refractivity contribution in [3.8, 4) is 17.4 Å². The number of rotatable bonds is 9. The normalized spacial score (nSPS) is 10.7. The van der Waals surface area contributed by atoms with E-state index in [0.29, 0.717) is 18.1 Å². The highest BCUT2D eigenvalue weighted by Crippen LogP contribution is 2.31. The minimum Gasteiger partial charge on any atom is -0.494 e. The van der Waals surface area contributed by atoms with E-state index >= 15 is 0 Å². The van der Waals surface area contributed by atoms with E-state index in [1.807, 2.05) is 0 Å². The Labute approximate surface area is 164 Å². The van der Waals surface area contributed by atoms with Crippen LogP contribution >= 0.6 is 0 Å². The third-order valence-electron chi connectivity index (χ3n) is 3.89. The Bertz CT molecular complexity index is 937. The van der Waals surface area contributed by atoms with Crippen molar-refractivity contribution in [2.75, 3.05) is 26.1 Å². The molecule has 2 N–H and O–H groups in total. The predicted octanol–water partition coefficient (Wildman–Crippen LogP) is 2.28. The van der Waals surface area contributed by atoms with Gasteiger partial charge in [0, 0.05) is 12.3 Å². The Morgan fingerprint density at radius 2 is 1.79 bits per heavy atom. The van der Waals surface area contributed by atoms with Gasteiger partial charge in [0.05, 0.1) is 57.2 Å². The van der Waals surface area contributed by atoms with Crippen LogP contribution in [0.15, 0.2) is 30.9 Å². The molecule has 0 aliphatic rings. The van der Waals surface area contributed by atoms with Crippen LogP contribution in [0.4, 0.5) is 20.3 Å². The van der Waals surface area contributed by atoms with Gasteiger partial charge < -0.3 is 24.6 Å². The lowest BCUT2D eigenvalue weighted by Gasteiger charge is -2.13. The van der Waals surface area contributed by atoms with Gasteiger partial charge in [-0.05, 0) is 0 Å². The van der Waals surface area contributed by atoms with Crippen LogP contribution in [0.3, 0.4) is 0 Å². The van der Waals surface area contributed by atoms with Crippen molar-refractivity contribution in [2.45, 2.75) is 13.2 Å². The topological polar surface area (TPSA) is 104 Å². The summed E-state index contributed by atoms with van der Waals surface area (Å²) >= 11 is 0. The largest absolute Gasteiger partial charge is 0.494 e. The summed E-state index contributed by atoms with van der Waals surface area (Å²) in [5, 5.41) is 15.9. The van der Waals surface area contributed by atoms with Crippen LogP contribution in [0.5, 0.6) is 17.4 Å². The van der Waals surface area contributed by atoms with E-state index in [0.717, 1.165) is 6.07 Å². The minimum atomic E-state index is -0.878. The number of aromatic nitrogens is 4. The molecule has 0 amide bonds. The van der Waals surface area contributed by atoms with Gasteiger partial charge in [-0.3, -0.25) is 4.68 Å². The lowest BCUT2D eigenvalue weighted by Crippen LogP contribution is -2.07. The molecule has 0 unspecified atom stereocenters. The van der Waals surface area contributed by atoms with E-state index < -0.39 is 18.2 Å². The monoisotopic (exact) mass is 407 g/mol. The molecule has 2 aromatic heterocycles. The first-order valence-corrected chi connectivity index (χ1v) is 8.49. The molecule has 29 heavy (non-hydrogen) atoms. The Hall–Kier alpha value is -3.47. The van der Waals surface area contributed by atoms with Crippen molar-refractivity contribution in [2.24, 2.45) is 0 Å². The summed E-state index contributed by atoms with van der Waals surface area (Å²) < 4.78 is 45.4. The molecular weight excluding hydrogens is 388 g/mol. The fourth-order valence-corrected chi connectivity index (χ4v) is 2.47. The minimum absolute atomic E-state index is 0.0205. The number of nitrogens with zero attached hydrogens (tertiary/aromatic N) is 4. The molecule has 2 heterocycles. The molecule has 0 atom stereocenters. The van der Waals surface area contributed by atoms with E-state index in [1.54, 1.807) is 17.1 Å². The van der Waals surface area contributed by atoms with Crippen LogP contribution in [-0.4, -0.2) is 45.7 Å². The molecule has 3 rings (SSSR count). The van der Waals surface area contributed by atoms with Gasteiger partial charge in [0.1, 0.15) is 12.4 Å². The van der Waals surface area contributed by atoms with E-state index in [1.165, 1.54) is 26.6 Å². The molecule has 0 saturated carbocycles. The Kier molecular flexibility index (Phi) is 6.39. The molecule has 0 saturated heterocycles. The number of aliphatic hydroxyl groups excluding tert-OH is 1. The molecule has 0 aliphatic heterocycles. The van der Waals surface area contributed by atoms with Gasteiger partial charge >= 0.3 is 0 Å². The maximum atomic E-state index is 14.3. The molecule has 0 bridgehead atoms. The molecule has 3 aromatic rings. The molecule has 0 spiro atoms. The third-order valence-corrected chi connectivity index (χ3v) is 3.89. The van der Waals surface area contributed by atoms with Crippen LogP contribution in [-0.2, 0) is 13.2 Å². The Morgan fingerprint density at radius 3 is 2.38 bits per heavy atom. The van der Waals surface area contributed by atoms with Gasteiger partial charge in [-0.2, -0.15) is 5.10 Å². The maximum absolute atomic E-state index is 14.3. The lowest BCUT2D eigenvalue weighted by atomic mass is 10.1. The zero-order valence-electron chi connectivity index (χ0n) is 15.7. The summed E-state index contributed by atoms with van der Waals surface area (Å²) in [5.41, 5.74) is 0.315. The quantitative estimate of drug-likeness (QED) is 0.557. The van der Waals surface area contributed by atoms with Crippen molar-refractivity contribution in [1.82, 2.24) is 19.7 Å². The van der Waals surface area contributed by atoms with Gasteiger partial charge in [0.15, 0.2) is 23.1 Å². The molecule has 0 radical (unpaired) electrons. The summed E-state index contributed by atoms with van der Waals surface area (Å²) in [4.78, 5) is 8.19. The predicted molar refractivity (Wildman–Crippen MR) is 98.4 cm³/mol. The summed E-state index contributed by atoms with van der Waals surface area (Å²) in [5.74, 6) is -1.58. The first-order chi connectivity index (χ1) is 14.0. The average Bonchev–Trinajstić information content (AvgIpc) is 3.16. The number of benzene rings is 1. The zero-order valence-corrected chi connectivity index (χ0v) is 15.7. The highest BCUT2D eigenvalue weighted by molar-refractivity contribution is 5.52. The van der Waals surface area contributed by atoms with Crippen LogP contribution in [0.25, 0.3) is 0 Å². The summed E-state index contributed by atoms with van der Waals surface area (Å²) in [7, 11) is 2.54. The van der Waals surface area contributed by atoms with Crippen molar-refractivity contribution >= 4 is 11.5 Å². The first-order valence-electron chi connectivity index (χ1n) is 8.49. The molecular formula is C18H19F2N5O4. The SMILES string of the molecule is COc1cc(OC)c(F)c(COc2cnc(Nc3cnn(CCO)c3)cn2)c1F. The summed E-state index contributed by atoms with van der Waals surface area (Å²) in [6.07, 6.45) is 5.98. The molecule has 0 aliphatic carbocycles. The smallest absolute Gasteiger partial charge is 0.232 e. The molecule has 0 fully saturated rings. The van der Waals surface area contributed by atoms with Gasteiger partial charge in [0.25, 0.3) is 0 Å². The third kappa shape index (κ3) is 4.69. The highest BCUT2D eigenvalue weighted by Gasteiger charge is 2.20. The molecule has 1 aromatic carbocycles. The molecule has 9 nitrogen and oxygen atoms in total. The van der Waals surface area contributed by atoms with Crippen LogP contribution in [0.1, 0.15) is 5.56 Å². The maximum Gasteiger partial charge on any atom is 0.232 e. The van der Waals surface area contributed by atoms with Crippen LogP contribution < -0.4 is 19.5 Å². The number of ether oxygens (including phenoxy) is 3. The number of hydrogen-bond donors (Lipinski definition) is 2. The van der Waals surface area contributed by atoms with Crippen molar-refractivity contribution in [3.63, 3.8) is 0 Å². The first kappa shape index (κ1) is 20.3. The van der Waals surface area contributed by atoms with Gasteiger partial charge in [-0.25, -0.2) is 18.7 Å². The number of aliphatic hydroxyl groups is 1. The van der Waals surface area contributed by atoms with Gasteiger partial charge in [-0.1, -0.05) is 0 Å². The summed E-state index contributed by atoms with van der Waals surface area (Å²) in [6, 6.07) is 1.12. The fourth-order valence-electron chi connectivity index (χ4n) is 2.47. The van der Waals surface area contributed by atoms with Crippen molar-refractivity contribution in [3.05, 3.63) is 48.1 Å². The second-order valence-electron chi connectivity index (χ2n) is 5.76. The number of anilines is 2. The zero-order chi connectivity index (χ0) is 20.8. The van der Waals surface area contributed by atoms with Gasteiger partial charge in [-0.15, -0.1) is 0 Å². The van der Waals surface area contributed by atoms with Crippen molar-refractivity contribution in [1.29, 1.82) is 0 Å². The highest BCUT2D eigenvalue weighted by atomic mass is 19.1. The van der Waals surface area contributed by atoms with E-state index in [2.05, 4.69) is 20.4 Å². The lowest BCUT2D eigenvalue weighted by molar-refractivity contribution is 0.269. The van der Waals surface area contributed by atoms with Gasteiger partial charge in [0.2, 0.25) is 5.88 Å². The number of halogens is 2. The van der Waals surface area contributed by atoms with Crippen LogP contribution in [0, 0.1) is 11.6 Å². The second-order valence-corrected chi connectivity index (χ2v) is 5.76. The fraction of sp³-hybridized carbons (Fsp3) is 0.278. The Morgan fingerprint density at radius 1 is 1.07 bits per heavy atom. The second kappa shape index (κ2) is 9.15. The van der Waals surface area contributed by atoms with Crippen molar-refractivity contribution < 1.29 is 28.1 Å². The molecule has 11 heteroatoms. The Balaban J connectivity index is 1.67. The summed E-state index contributed by atoms with van der Waals surface area (Å²) in [6.45, 7) is -0.0732. The van der Waals surface area contributed by atoms with E-state index in [-0.39, 0.29) is 29.5 Å². The van der Waals surface area contributed by atoms with E-state index in [9.17, 15) is 8.78 Å². The standard InChI is InChI=1S/C18H19F2N5O4/c1-27-13-5-14(28-2)18(20)12(17(13)19)10-29-16-8-21-15(7-22-16)24-11-6-23-25(9-11)3-4-26/h5-9,26H,3-4,10H2,1-2H3,(H,21,24). The number of methoxy groups -OCH3 is 2. The average molecular weight is 407 g/mol. The van der Waals surface area contributed by atoms with Crippen LogP contribution in [0.2, 0.25) is 0 Å². The number of hydrogen-bond acceptors (Lipinski definition) is 8.